The summed E-state index contributed by atoms with van der Waals surface area (Å²) in [7, 11) is 0. The van der Waals surface area contributed by atoms with E-state index in [1.807, 2.05) is 0 Å². The van der Waals surface area contributed by atoms with E-state index in [2.05, 4.69) is 11.4 Å². The van der Waals surface area contributed by atoms with Crippen molar-refractivity contribution in [3.63, 3.8) is 0 Å². The molecule has 0 saturated heterocycles. The molecule has 0 fully saturated rings. The lowest BCUT2D eigenvalue weighted by molar-refractivity contribution is -0.140. The average Bonchev–Trinajstić information content (AvgIpc) is 2.79. The summed E-state index contributed by atoms with van der Waals surface area (Å²) in [5.41, 5.74) is 1.28. The first-order chi connectivity index (χ1) is 8.99. The van der Waals surface area contributed by atoms with Gasteiger partial charge in [-0.15, -0.1) is 0 Å². The molecule has 106 valence electrons. The zero-order valence-electron chi connectivity index (χ0n) is 10.6. The molecule has 0 saturated carbocycles. The number of carboxylic acid groups (broad SMARTS) is 2. The molecule has 7 nitrogen and oxygen atoms in total. The Morgan fingerprint density at radius 2 is 1.84 bits per heavy atom. The molecule has 1 aliphatic carbocycles. The number of aliphatic carboxylic acids is 2. The Morgan fingerprint density at radius 1 is 1.21 bits per heavy atom. The van der Waals surface area contributed by atoms with Crippen LogP contribution in [0.5, 0.6) is 0 Å². The number of nitrogens with one attached hydrogen (secondary N) is 1. The van der Waals surface area contributed by atoms with Crippen LogP contribution in [0.1, 0.15) is 25.7 Å². The summed E-state index contributed by atoms with van der Waals surface area (Å²) < 4.78 is 0. The third kappa shape index (κ3) is 5.89. The fraction of sp³-hybridized carbons (Fsp3) is 0.583. The Labute approximate surface area is 110 Å². The number of nitrogens with zero attached hydrogens (tertiary/aromatic N) is 1. The van der Waals surface area contributed by atoms with Crippen LogP contribution in [0.15, 0.2) is 11.6 Å². The molecule has 0 unspecified atom stereocenters. The monoisotopic (exact) mass is 270 g/mol. The van der Waals surface area contributed by atoms with Crippen LogP contribution < -0.4 is 5.32 Å². The van der Waals surface area contributed by atoms with Gasteiger partial charge in [0.1, 0.15) is 13.1 Å². The van der Waals surface area contributed by atoms with Gasteiger partial charge in [0.05, 0.1) is 0 Å². The Balaban J connectivity index is 2.37. The van der Waals surface area contributed by atoms with E-state index >= 15 is 0 Å². The fourth-order valence-electron chi connectivity index (χ4n) is 1.93. The number of carboxylic acids is 2. The number of hydrogen-bond acceptors (Lipinski definition) is 3. The minimum Gasteiger partial charge on any atom is -0.480 e. The lowest BCUT2D eigenvalue weighted by Crippen LogP contribution is -2.45. The van der Waals surface area contributed by atoms with Crippen molar-refractivity contribution in [3.8, 4) is 0 Å². The van der Waals surface area contributed by atoms with Crippen molar-refractivity contribution in [3.05, 3.63) is 11.6 Å². The van der Waals surface area contributed by atoms with E-state index in [9.17, 15) is 14.4 Å². The summed E-state index contributed by atoms with van der Waals surface area (Å²) >= 11 is 0. The first kappa shape index (κ1) is 15.0. The van der Waals surface area contributed by atoms with Crippen LogP contribution in [-0.4, -0.2) is 52.7 Å². The lowest BCUT2D eigenvalue weighted by Gasteiger charge is -2.19. The first-order valence-electron chi connectivity index (χ1n) is 6.13. The molecule has 0 aromatic heterocycles. The maximum absolute atomic E-state index is 11.7. The van der Waals surface area contributed by atoms with Crippen molar-refractivity contribution in [1.82, 2.24) is 10.2 Å². The Morgan fingerprint density at radius 3 is 2.32 bits per heavy atom. The normalized spacial score (nSPS) is 13.8. The first-order valence-corrected chi connectivity index (χ1v) is 6.13. The number of amides is 2. The van der Waals surface area contributed by atoms with Crippen molar-refractivity contribution in [2.75, 3.05) is 19.6 Å². The maximum atomic E-state index is 11.7. The molecule has 0 radical (unpaired) electrons. The minimum atomic E-state index is -1.24. The molecule has 0 aromatic rings. The number of hydrogen-bond donors (Lipinski definition) is 3. The Hall–Kier alpha value is -2.05. The standard InChI is InChI=1S/C12H18N2O5/c15-10(16)7-14(8-11(17)18)12(19)13-6-5-9-3-1-2-4-9/h3H,1-2,4-8H2,(H,13,19)(H,15,16)(H,17,18). The molecule has 7 heteroatoms. The predicted molar refractivity (Wildman–Crippen MR) is 66.8 cm³/mol. The lowest BCUT2D eigenvalue weighted by atomic mass is 10.2. The van der Waals surface area contributed by atoms with E-state index in [4.69, 9.17) is 10.2 Å². The molecule has 2 amide bonds. The van der Waals surface area contributed by atoms with Crippen LogP contribution in [0.3, 0.4) is 0 Å². The van der Waals surface area contributed by atoms with Gasteiger partial charge in [-0.25, -0.2) is 4.79 Å². The van der Waals surface area contributed by atoms with Gasteiger partial charge in [-0.1, -0.05) is 11.6 Å². The largest absolute Gasteiger partial charge is 0.480 e. The molecule has 0 aromatic carbocycles. The average molecular weight is 270 g/mol. The number of rotatable bonds is 7. The maximum Gasteiger partial charge on any atom is 0.323 e. The molecule has 0 atom stereocenters. The Kier molecular flexibility index (Phi) is 5.84. The number of carbonyl (C=O) groups excluding carboxylic acids is 1. The third-order valence-corrected chi connectivity index (χ3v) is 2.80. The Bertz CT molecular complexity index is 376. The third-order valence-electron chi connectivity index (χ3n) is 2.80. The second-order valence-electron chi connectivity index (χ2n) is 4.38. The molecular weight excluding hydrogens is 252 g/mol. The van der Waals surface area contributed by atoms with E-state index < -0.39 is 31.1 Å². The number of urea groups is 1. The summed E-state index contributed by atoms with van der Waals surface area (Å²) in [5, 5.41) is 19.8. The molecule has 3 N–H and O–H groups in total. The molecular formula is C12H18N2O5. The summed E-state index contributed by atoms with van der Waals surface area (Å²) in [5.74, 6) is -2.48. The highest BCUT2D eigenvalue weighted by Gasteiger charge is 2.19. The van der Waals surface area contributed by atoms with E-state index in [1.165, 1.54) is 5.57 Å². The zero-order chi connectivity index (χ0) is 14.3. The van der Waals surface area contributed by atoms with Crippen molar-refractivity contribution >= 4 is 18.0 Å². The van der Waals surface area contributed by atoms with E-state index in [0.29, 0.717) is 6.54 Å². The van der Waals surface area contributed by atoms with Gasteiger partial charge >= 0.3 is 18.0 Å². The second-order valence-corrected chi connectivity index (χ2v) is 4.38. The number of allylic oxidation sites excluding steroid dienone is 1. The topological polar surface area (TPSA) is 107 Å². The van der Waals surface area contributed by atoms with Crippen molar-refractivity contribution < 1.29 is 24.6 Å². The van der Waals surface area contributed by atoms with Crippen molar-refractivity contribution in [1.29, 1.82) is 0 Å². The van der Waals surface area contributed by atoms with Gasteiger partial charge < -0.3 is 20.4 Å². The minimum absolute atomic E-state index is 0.389. The van der Waals surface area contributed by atoms with E-state index in [-0.39, 0.29) is 0 Å². The molecule has 0 spiro atoms. The zero-order valence-corrected chi connectivity index (χ0v) is 10.6. The van der Waals surface area contributed by atoms with Crippen LogP contribution in [0.4, 0.5) is 4.79 Å². The van der Waals surface area contributed by atoms with Gasteiger partial charge in [-0.3, -0.25) is 9.59 Å². The summed E-state index contributed by atoms with van der Waals surface area (Å²) in [6.07, 6.45) is 6.09. The van der Waals surface area contributed by atoms with E-state index in [0.717, 1.165) is 30.6 Å². The molecule has 19 heavy (non-hydrogen) atoms. The molecule has 0 heterocycles. The molecule has 1 aliphatic rings. The van der Waals surface area contributed by atoms with Gasteiger partial charge in [0.25, 0.3) is 0 Å². The molecule has 0 aliphatic heterocycles. The second kappa shape index (κ2) is 7.40. The van der Waals surface area contributed by atoms with Crippen molar-refractivity contribution in [2.45, 2.75) is 25.7 Å². The van der Waals surface area contributed by atoms with Crippen LogP contribution in [0.25, 0.3) is 0 Å². The van der Waals surface area contributed by atoms with Crippen LogP contribution in [-0.2, 0) is 9.59 Å². The highest BCUT2D eigenvalue weighted by molar-refractivity contribution is 5.84. The van der Waals surface area contributed by atoms with E-state index in [1.54, 1.807) is 0 Å². The molecule has 0 bridgehead atoms. The highest BCUT2D eigenvalue weighted by Crippen LogP contribution is 2.19. The van der Waals surface area contributed by atoms with Gasteiger partial charge in [0.2, 0.25) is 0 Å². The summed E-state index contributed by atoms with van der Waals surface area (Å²) in [4.78, 5) is 33.5. The quantitative estimate of drug-likeness (QED) is 0.589. The summed E-state index contributed by atoms with van der Waals surface area (Å²) in [6.45, 7) is -0.859. The SMILES string of the molecule is O=C(O)CN(CC(=O)O)C(=O)NCCC1=CCCC1. The highest BCUT2D eigenvalue weighted by atomic mass is 16.4. The van der Waals surface area contributed by atoms with Gasteiger partial charge in [0, 0.05) is 6.54 Å². The van der Waals surface area contributed by atoms with Gasteiger partial charge in [-0.05, 0) is 25.7 Å². The van der Waals surface area contributed by atoms with Crippen LogP contribution >= 0.6 is 0 Å². The van der Waals surface area contributed by atoms with Crippen molar-refractivity contribution in [2.24, 2.45) is 0 Å². The van der Waals surface area contributed by atoms with Gasteiger partial charge in [0.15, 0.2) is 0 Å². The number of carbonyl (C=O) groups is 3. The summed E-state index contributed by atoms with van der Waals surface area (Å²) in [6, 6.07) is -0.664. The van der Waals surface area contributed by atoms with Crippen LogP contribution in [0.2, 0.25) is 0 Å². The smallest absolute Gasteiger partial charge is 0.323 e. The molecule has 1 rings (SSSR count). The van der Waals surface area contributed by atoms with Gasteiger partial charge in [-0.2, -0.15) is 0 Å². The predicted octanol–water partition coefficient (Wildman–Crippen LogP) is 0.668. The van der Waals surface area contributed by atoms with Crippen LogP contribution in [0, 0.1) is 0 Å². The fourth-order valence-corrected chi connectivity index (χ4v) is 1.93.